The van der Waals surface area contributed by atoms with Crippen LogP contribution < -0.4 is 5.73 Å². The summed E-state index contributed by atoms with van der Waals surface area (Å²) < 4.78 is 0.831. The molecule has 1 aromatic rings. The second kappa shape index (κ2) is 3.26. The molecule has 5 heteroatoms. The second-order valence-electron chi connectivity index (χ2n) is 4.41. The monoisotopic (exact) mass is 266 g/mol. The highest BCUT2D eigenvalue weighted by atomic mass is 79.9. The van der Waals surface area contributed by atoms with E-state index < -0.39 is 5.54 Å². The number of halogens is 1. The van der Waals surface area contributed by atoms with Gasteiger partial charge in [-0.2, -0.15) is 5.26 Å². The summed E-state index contributed by atoms with van der Waals surface area (Å²) >= 11 is 3.27. The third-order valence-corrected chi connectivity index (χ3v) is 3.16. The first-order valence-corrected chi connectivity index (χ1v) is 5.45. The highest BCUT2D eigenvalue weighted by Gasteiger charge is 2.52. The number of hydrogen-bond donors (Lipinski definition) is 1. The summed E-state index contributed by atoms with van der Waals surface area (Å²) in [6, 6.07) is 2.27. The van der Waals surface area contributed by atoms with Crippen LogP contribution in [0.15, 0.2) is 16.9 Å². The minimum Gasteiger partial charge on any atom is -0.319 e. The summed E-state index contributed by atoms with van der Waals surface area (Å²) in [6.07, 6.45) is 4.61. The molecule has 1 heterocycles. The van der Waals surface area contributed by atoms with Gasteiger partial charge in [-0.25, -0.2) is 9.97 Å². The quantitative estimate of drug-likeness (QED) is 0.840. The molecule has 0 aliphatic heterocycles. The zero-order valence-corrected chi connectivity index (χ0v) is 9.95. The van der Waals surface area contributed by atoms with Crippen molar-refractivity contribution < 1.29 is 0 Å². The molecular weight excluding hydrogens is 256 g/mol. The Morgan fingerprint density at radius 3 is 2.47 bits per heavy atom. The van der Waals surface area contributed by atoms with Crippen LogP contribution in [0.4, 0.5) is 0 Å². The van der Waals surface area contributed by atoms with E-state index in [0.29, 0.717) is 18.7 Å². The fraction of sp³-hybridized carbons (Fsp3) is 0.500. The van der Waals surface area contributed by atoms with Crippen LogP contribution in [0.5, 0.6) is 0 Å². The number of nitriles is 1. The lowest BCUT2D eigenvalue weighted by molar-refractivity contribution is 0.0895. The molecule has 0 radical (unpaired) electrons. The predicted molar refractivity (Wildman–Crippen MR) is 58.6 cm³/mol. The van der Waals surface area contributed by atoms with Gasteiger partial charge in [0.05, 0.1) is 21.5 Å². The topological polar surface area (TPSA) is 75.6 Å². The van der Waals surface area contributed by atoms with Gasteiger partial charge in [0.2, 0.25) is 0 Å². The van der Waals surface area contributed by atoms with Crippen LogP contribution in [0.2, 0.25) is 0 Å². The van der Waals surface area contributed by atoms with Gasteiger partial charge in [0.15, 0.2) is 0 Å². The molecule has 0 spiro atoms. The third kappa shape index (κ3) is 1.75. The van der Waals surface area contributed by atoms with Gasteiger partial charge in [-0.1, -0.05) is 0 Å². The number of nitrogens with two attached hydrogens (primary N) is 1. The highest BCUT2D eigenvalue weighted by Crippen LogP contribution is 2.50. The summed E-state index contributed by atoms with van der Waals surface area (Å²) in [4.78, 5) is 8.36. The Kier molecular flexibility index (Phi) is 2.28. The average molecular weight is 267 g/mol. The molecule has 0 unspecified atom stereocenters. The molecular formula is C10H11BrN4. The van der Waals surface area contributed by atoms with Crippen molar-refractivity contribution >= 4 is 15.9 Å². The molecule has 0 amide bonds. The van der Waals surface area contributed by atoms with Crippen LogP contribution in [-0.4, -0.2) is 9.97 Å². The zero-order valence-electron chi connectivity index (χ0n) is 8.37. The molecule has 0 aromatic carbocycles. The highest BCUT2D eigenvalue weighted by molar-refractivity contribution is 9.10. The Labute approximate surface area is 96.7 Å². The number of rotatable bonds is 1. The Hall–Kier alpha value is -0.990. The van der Waals surface area contributed by atoms with E-state index in [0.717, 1.165) is 4.47 Å². The average Bonchev–Trinajstić information content (AvgIpc) is 2.16. The maximum Gasteiger partial charge on any atom is 0.148 e. The normalized spacial score (nSPS) is 34.3. The molecule has 0 saturated heterocycles. The van der Waals surface area contributed by atoms with E-state index >= 15 is 0 Å². The first-order valence-electron chi connectivity index (χ1n) is 4.66. The molecule has 0 atom stereocenters. The predicted octanol–water partition coefficient (Wildman–Crippen LogP) is 1.72. The van der Waals surface area contributed by atoms with Crippen LogP contribution in [0.1, 0.15) is 25.6 Å². The van der Waals surface area contributed by atoms with E-state index in [2.05, 4.69) is 32.0 Å². The molecule has 0 bridgehead atoms. The number of nitrogens with zero attached hydrogens (tertiary/aromatic N) is 3. The maximum atomic E-state index is 8.91. The summed E-state index contributed by atoms with van der Waals surface area (Å²) in [5.41, 5.74) is 5.30. The Morgan fingerprint density at radius 1 is 1.47 bits per heavy atom. The summed E-state index contributed by atoms with van der Waals surface area (Å²) in [5, 5.41) is 8.91. The molecule has 1 aliphatic rings. The molecule has 1 aliphatic carbocycles. The third-order valence-electron chi connectivity index (χ3n) is 2.75. The van der Waals surface area contributed by atoms with Crippen LogP contribution in [0.25, 0.3) is 0 Å². The molecule has 1 fully saturated rings. The van der Waals surface area contributed by atoms with Gasteiger partial charge in [0, 0.05) is 12.4 Å². The largest absolute Gasteiger partial charge is 0.319 e. The number of aromatic nitrogens is 2. The summed E-state index contributed by atoms with van der Waals surface area (Å²) in [5.74, 6) is 0.624. The molecule has 2 rings (SSSR count). The van der Waals surface area contributed by atoms with Gasteiger partial charge in [0.25, 0.3) is 0 Å². The van der Waals surface area contributed by atoms with E-state index in [-0.39, 0.29) is 5.41 Å². The first kappa shape index (κ1) is 10.5. The van der Waals surface area contributed by atoms with Gasteiger partial charge >= 0.3 is 0 Å². The second-order valence-corrected chi connectivity index (χ2v) is 5.32. The van der Waals surface area contributed by atoms with E-state index in [9.17, 15) is 0 Å². The Morgan fingerprint density at radius 2 is 2.00 bits per heavy atom. The van der Waals surface area contributed by atoms with Gasteiger partial charge in [-0.15, -0.1) is 0 Å². The lowest BCUT2D eigenvalue weighted by Crippen LogP contribution is -2.54. The molecule has 4 nitrogen and oxygen atoms in total. The standard InChI is InChI=1S/C10H11BrN4/c1-9(6-12)4-10(13,5-9)8-14-2-7(11)3-15-8/h2-3H,4-5,13H2,1H3. The van der Waals surface area contributed by atoms with Gasteiger partial charge in [0.1, 0.15) is 5.82 Å². The molecule has 78 valence electrons. The van der Waals surface area contributed by atoms with Crippen molar-refractivity contribution in [3.63, 3.8) is 0 Å². The molecule has 1 aromatic heterocycles. The van der Waals surface area contributed by atoms with Gasteiger partial charge in [-0.3, -0.25) is 0 Å². The molecule has 2 N–H and O–H groups in total. The van der Waals surface area contributed by atoms with E-state index in [1.54, 1.807) is 12.4 Å². The van der Waals surface area contributed by atoms with Gasteiger partial charge < -0.3 is 5.73 Å². The fourth-order valence-corrected chi connectivity index (χ4v) is 2.35. The van der Waals surface area contributed by atoms with Crippen LogP contribution >= 0.6 is 15.9 Å². The van der Waals surface area contributed by atoms with Crippen molar-refractivity contribution in [2.45, 2.75) is 25.3 Å². The summed E-state index contributed by atoms with van der Waals surface area (Å²) in [6.45, 7) is 1.91. The SMILES string of the molecule is CC1(C#N)CC(N)(c2ncc(Br)cn2)C1. The van der Waals surface area contributed by atoms with Crippen molar-refractivity contribution in [2.75, 3.05) is 0 Å². The van der Waals surface area contributed by atoms with E-state index in [1.807, 2.05) is 6.92 Å². The minimum atomic E-state index is -0.523. The van der Waals surface area contributed by atoms with Crippen molar-refractivity contribution in [1.29, 1.82) is 5.26 Å². The molecule has 1 saturated carbocycles. The van der Waals surface area contributed by atoms with Crippen LogP contribution in [-0.2, 0) is 5.54 Å². The van der Waals surface area contributed by atoms with Crippen molar-refractivity contribution in [3.05, 3.63) is 22.7 Å². The smallest absolute Gasteiger partial charge is 0.148 e. The zero-order chi connectivity index (χ0) is 11.1. The fourth-order valence-electron chi connectivity index (χ4n) is 2.15. The van der Waals surface area contributed by atoms with Crippen molar-refractivity contribution in [2.24, 2.45) is 11.1 Å². The van der Waals surface area contributed by atoms with Crippen molar-refractivity contribution in [1.82, 2.24) is 9.97 Å². The Bertz CT molecular complexity index is 414. The minimum absolute atomic E-state index is 0.314. The van der Waals surface area contributed by atoms with E-state index in [1.165, 1.54) is 0 Å². The van der Waals surface area contributed by atoms with Gasteiger partial charge in [-0.05, 0) is 35.7 Å². The van der Waals surface area contributed by atoms with Crippen LogP contribution in [0, 0.1) is 16.7 Å². The lowest BCUT2D eigenvalue weighted by atomic mass is 9.59. The maximum absolute atomic E-state index is 8.91. The van der Waals surface area contributed by atoms with Crippen LogP contribution in [0.3, 0.4) is 0 Å². The van der Waals surface area contributed by atoms with Crippen molar-refractivity contribution in [3.8, 4) is 6.07 Å². The number of hydrogen-bond acceptors (Lipinski definition) is 4. The first-order chi connectivity index (χ1) is 6.97. The summed E-state index contributed by atoms with van der Waals surface area (Å²) in [7, 11) is 0. The Balaban J connectivity index is 2.21. The van der Waals surface area contributed by atoms with E-state index in [4.69, 9.17) is 11.0 Å². The molecule has 15 heavy (non-hydrogen) atoms. The lowest BCUT2D eigenvalue weighted by Gasteiger charge is -2.47.